The van der Waals surface area contributed by atoms with Gasteiger partial charge >= 0.3 is 6.01 Å². The molecule has 1 aromatic heterocycles. The zero-order valence-corrected chi connectivity index (χ0v) is 17.1. The molecule has 4 rings (SSSR count). The van der Waals surface area contributed by atoms with Crippen LogP contribution in [0.3, 0.4) is 0 Å². The summed E-state index contributed by atoms with van der Waals surface area (Å²) in [6.45, 7) is 2.11. The molecule has 30 heavy (non-hydrogen) atoms. The molecule has 7 nitrogen and oxygen atoms in total. The number of hydrogen-bond acceptors (Lipinski definition) is 6. The summed E-state index contributed by atoms with van der Waals surface area (Å²) in [5.74, 6) is 1.50. The topological polar surface area (TPSA) is 80.5 Å². The summed E-state index contributed by atoms with van der Waals surface area (Å²) < 4.78 is 10.6. The standard InChI is InChI=1S/C23H26N4O3/c1-29-20-9-7-18(8-10-20)21-25-23(30-26-21)27-15-12-19(13-16-27)22(28)24-14-11-17-5-3-2-4-6-17/h2-10,19H,11-16H2,1H3,(H,24,28). The van der Waals surface area contributed by atoms with Gasteiger partial charge in [-0.25, -0.2) is 0 Å². The van der Waals surface area contributed by atoms with Crippen LogP contribution in [0.15, 0.2) is 59.1 Å². The predicted molar refractivity (Wildman–Crippen MR) is 114 cm³/mol. The van der Waals surface area contributed by atoms with Crippen LogP contribution in [0, 0.1) is 5.92 Å². The summed E-state index contributed by atoms with van der Waals surface area (Å²) in [5.41, 5.74) is 2.11. The number of rotatable bonds is 7. The molecule has 7 heteroatoms. The van der Waals surface area contributed by atoms with E-state index in [1.165, 1.54) is 5.56 Å². The van der Waals surface area contributed by atoms with Crippen molar-refractivity contribution < 1.29 is 14.1 Å². The Morgan fingerprint density at radius 1 is 1.13 bits per heavy atom. The number of hydrogen-bond donors (Lipinski definition) is 1. The van der Waals surface area contributed by atoms with Gasteiger partial charge in [0.05, 0.1) is 7.11 Å². The van der Waals surface area contributed by atoms with Crippen LogP contribution in [0.5, 0.6) is 5.75 Å². The Kier molecular flexibility index (Phi) is 6.27. The fourth-order valence-electron chi connectivity index (χ4n) is 3.65. The van der Waals surface area contributed by atoms with Crippen LogP contribution in [-0.2, 0) is 11.2 Å². The number of amides is 1. The minimum Gasteiger partial charge on any atom is -0.497 e. The normalized spacial score (nSPS) is 14.5. The SMILES string of the molecule is COc1ccc(-c2noc(N3CCC(C(=O)NCCc4ccccc4)CC3)n2)cc1. The molecule has 0 bridgehead atoms. The molecule has 1 aliphatic rings. The molecular formula is C23H26N4O3. The summed E-state index contributed by atoms with van der Waals surface area (Å²) in [4.78, 5) is 19.1. The number of methoxy groups -OCH3 is 1. The van der Waals surface area contributed by atoms with Gasteiger partial charge in [0.2, 0.25) is 11.7 Å². The lowest BCUT2D eigenvalue weighted by atomic mass is 9.96. The molecule has 156 valence electrons. The van der Waals surface area contributed by atoms with Crippen molar-refractivity contribution in [2.24, 2.45) is 5.92 Å². The van der Waals surface area contributed by atoms with Crippen molar-refractivity contribution in [3.63, 3.8) is 0 Å². The van der Waals surface area contributed by atoms with Crippen LogP contribution >= 0.6 is 0 Å². The number of aromatic nitrogens is 2. The molecule has 3 aromatic rings. The quantitative estimate of drug-likeness (QED) is 0.648. The Bertz CT molecular complexity index is 948. The van der Waals surface area contributed by atoms with Crippen molar-refractivity contribution in [2.45, 2.75) is 19.3 Å². The molecule has 2 aromatic carbocycles. The van der Waals surface area contributed by atoms with Gasteiger partial charge in [-0.15, -0.1) is 0 Å². The molecule has 2 heterocycles. The van der Waals surface area contributed by atoms with Crippen molar-refractivity contribution in [3.05, 3.63) is 60.2 Å². The van der Waals surface area contributed by atoms with E-state index in [2.05, 4.69) is 27.6 Å². The third kappa shape index (κ3) is 4.79. The lowest BCUT2D eigenvalue weighted by Crippen LogP contribution is -2.41. The van der Waals surface area contributed by atoms with Crippen molar-refractivity contribution in [2.75, 3.05) is 31.6 Å². The summed E-state index contributed by atoms with van der Waals surface area (Å²) >= 11 is 0. The minimum absolute atomic E-state index is 0.0287. The smallest absolute Gasteiger partial charge is 0.324 e. The number of nitrogens with one attached hydrogen (secondary N) is 1. The lowest BCUT2D eigenvalue weighted by molar-refractivity contribution is -0.125. The highest BCUT2D eigenvalue weighted by Crippen LogP contribution is 2.25. The Morgan fingerprint density at radius 3 is 2.57 bits per heavy atom. The van der Waals surface area contributed by atoms with Crippen molar-refractivity contribution in [3.8, 4) is 17.1 Å². The first-order chi connectivity index (χ1) is 14.7. The maximum Gasteiger partial charge on any atom is 0.324 e. The summed E-state index contributed by atoms with van der Waals surface area (Å²) in [5, 5.41) is 7.16. The van der Waals surface area contributed by atoms with Gasteiger partial charge in [0.1, 0.15) is 5.75 Å². The van der Waals surface area contributed by atoms with E-state index < -0.39 is 0 Å². The zero-order valence-electron chi connectivity index (χ0n) is 17.1. The third-order valence-corrected chi connectivity index (χ3v) is 5.46. The molecule has 1 N–H and O–H groups in total. The van der Waals surface area contributed by atoms with E-state index in [0.717, 1.165) is 43.7 Å². The van der Waals surface area contributed by atoms with E-state index >= 15 is 0 Å². The second kappa shape index (κ2) is 9.43. The Balaban J connectivity index is 1.26. The average molecular weight is 406 g/mol. The molecule has 0 radical (unpaired) electrons. The third-order valence-electron chi connectivity index (χ3n) is 5.46. The van der Waals surface area contributed by atoms with Crippen LogP contribution in [-0.4, -0.2) is 42.8 Å². The highest BCUT2D eigenvalue weighted by molar-refractivity contribution is 5.79. The van der Waals surface area contributed by atoms with E-state index in [0.29, 0.717) is 18.4 Å². The summed E-state index contributed by atoms with van der Waals surface area (Å²) in [7, 11) is 1.63. The van der Waals surface area contributed by atoms with Gasteiger partial charge in [0, 0.05) is 31.1 Å². The largest absolute Gasteiger partial charge is 0.497 e. The van der Waals surface area contributed by atoms with Crippen LogP contribution < -0.4 is 15.0 Å². The molecule has 1 fully saturated rings. The lowest BCUT2D eigenvalue weighted by Gasteiger charge is -2.29. The molecular weight excluding hydrogens is 380 g/mol. The fourth-order valence-corrected chi connectivity index (χ4v) is 3.65. The monoisotopic (exact) mass is 406 g/mol. The van der Waals surface area contributed by atoms with E-state index in [1.54, 1.807) is 7.11 Å². The van der Waals surface area contributed by atoms with Crippen LogP contribution in [0.4, 0.5) is 6.01 Å². The van der Waals surface area contributed by atoms with Crippen molar-refractivity contribution >= 4 is 11.9 Å². The molecule has 1 saturated heterocycles. The summed E-state index contributed by atoms with van der Waals surface area (Å²) in [6, 6.07) is 18.2. The van der Waals surface area contributed by atoms with Crippen LogP contribution in [0.2, 0.25) is 0 Å². The van der Waals surface area contributed by atoms with Crippen LogP contribution in [0.25, 0.3) is 11.4 Å². The van der Waals surface area contributed by atoms with Crippen molar-refractivity contribution in [1.82, 2.24) is 15.5 Å². The summed E-state index contributed by atoms with van der Waals surface area (Å²) in [6.07, 6.45) is 2.40. The highest BCUT2D eigenvalue weighted by Gasteiger charge is 2.27. The molecule has 0 unspecified atom stereocenters. The number of piperidine rings is 1. The Morgan fingerprint density at radius 2 is 1.87 bits per heavy atom. The first-order valence-corrected chi connectivity index (χ1v) is 10.3. The molecule has 0 aliphatic carbocycles. The first-order valence-electron chi connectivity index (χ1n) is 10.3. The van der Waals surface area contributed by atoms with Gasteiger partial charge in [-0.1, -0.05) is 35.5 Å². The molecule has 0 spiro atoms. The van der Waals surface area contributed by atoms with Gasteiger partial charge in [-0.05, 0) is 49.1 Å². The number of anilines is 1. The van der Waals surface area contributed by atoms with Gasteiger partial charge in [-0.3, -0.25) is 4.79 Å². The molecule has 1 aliphatic heterocycles. The minimum atomic E-state index is 0.0287. The Hall–Kier alpha value is -3.35. The second-order valence-electron chi connectivity index (χ2n) is 7.42. The maximum atomic E-state index is 12.5. The molecule has 0 atom stereocenters. The number of nitrogens with zero attached hydrogens (tertiary/aromatic N) is 3. The highest BCUT2D eigenvalue weighted by atomic mass is 16.5. The van der Waals surface area contributed by atoms with E-state index in [4.69, 9.17) is 9.26 Å². The number of carbonyl (C=O) groups is 1. The number of carbonyl (C=O) groups excluding carboxylic acids is 1. The van der Waals surface area contributed by atoms with Gasteiger partial charge in [-0.2, -0.15) is 4.98 Å². The molecule has 1 amide bonds. The Labute approximate surface area is 176 Å². The fraction of sp³-hybridized carbons (Fsp3) is 0.348. The van der Waals surface area contributed by atoms with Crippen LogP contribution in [0.1, 0.15) is 18.4 Å². The maximum absolute atomic E-state index is 12.5. The van der Waals surface area contributed by atoms with Gasteiger partial charge in [0.25, 0.3) is 0 Å². The average Bonchev–Trinajstić information content (AvgIpc) is 3.30. The number of benzene rings is 2. The van der Waals surface area contributed by atoms with Crippen molar-refractivity contribution in [1.29, 1.82) is 0 Å². The molecule has 0 saturated carbocycles. The van der Waals surface area contributed by atoms with E-state index in [1.807, 2.05) is 47.4 Å². The van der Waals surface area contributed by atoms with E-state index in [-0.39, 0.29) is 11.8 Å². The van der Waals surface area contributed by atoms with E-state index in [9.17, 15) is 4.79 Å². The first kappa shape index (κ1) is 19.9. The predicted octanol–water partition coefficient (Wildman–Crippen LogP) is 3.32. The zero-order chi connectivity index (χ0) is 20.8. The van der Waals surface area contributed by atoms with Gasteiger partial charge < -0.3 is 19.5 Å². The second-order valence-corrected chi connectivity index (χ2v) is 7.42. The van der Waals surface area contributed by atoms with Gasteiger partial charge in [0.15, 0.2) is 0 Å². The number of ether oxygens (including phenoxy) is 1.